The van der Waals surface area contributed by atoms with Gasteiger partial charge in [-0.3, -0.25) is 5.32 Å². The molecule has 2 aromatic carbocycles. The summed E-state index contributed by atoms with van der Waals surface area (Å²) in [5, 5.41) is 13.9. The molecule has 1 amide bonds. The first-order chi connectivity index (χ1) is 17.7. The van der Waals surface area contributed by atoms with E-state index in [1.807, 2.05) is 36.4 Å². The van der Waals surface area contributed by atoms with Crippen molar-refractivity contribution in [2.75, 3.05) is 18.5 Å². The number of fused-ring (bicyclic) bond motifs is 1. The van der Waals surface area contributed by atoms with E-state index in [1.165, 1.54) is 6.42 Å². The van der Waals surface area contributed by atoms with Crippen molar-refractivity contribution in [2.45, 2.75) is 69.6 Å². The Balaban J connectivity index is 1.30. The number of carbonyl (C=O) groups excluding carboxylic acids is 1. The van der Waals surface area contributed by atoms with Gasteiger partial charge in [0.05, 0.1) is 22.9 Å². The number of anilines is 1. The predicted molar refractivity (Wildman–Crippen MR) is 137 cm³/mol. The molecule has 2 aliphatic carbocycles. The summed E-state index contributed by atoms with van der Waals surface area (Å²) in [4.78, 5) is 12.1. The first kappa shape index (κ1) is 22.9. The highest BCUT2D eigenvalue weighted by Crippen LogP contribution is 2.43. The average Bonchev–Trinajstić information content (AvgIpc) is 3.46. The highest BCUT2D eigenvalue weighted by Gasteiger charge is 2.28. The lowest BCUT2D eigenvalue weighted by molar-refractivity contribution is 0.0624. The molecule has 7 heteroatoms. The quantitative estimate of drug-likeness (QED) is 0.409. The fourth-order valence-corrected chi connectivity index (χ4v) is 5.26. The molecule has 3 aromatic rings. The molecule has 7 nitrogen and oxygen atoms in total. The molecule has 3 aliphatic rings. The van der Waals surface area contributed by atoms with Gasteiger partial charge in [0.2, 0.25) is 0 Å². The molecule has 0 spiro atoms. The first-order valence-corrected chi connectivity index (χ1v) is 13.1. The molecule has 0 radical (unpaired) electrons. The zero-order valence-electron chi connectivity index (χ0n) is 20.4. The van der Waals surface area contributed by atoms with E-state index in [0.717, 1.165) is 79.5 Å². The van der Waals surface area contributed by atoms with E-state index in [9.17, 15) is 10.1 Å². The molecule has 3 fully saturated rings. The van der Waals surface area contributed by atoms with Crippen LogP contribution in [0.15, 0.2) is 42.5 Å². The topological polar surface area (TPSA) is 85.5 Å². The molecule has 1 atom stereocenters. The minimum absolute atomic E-state index is 0.0419. The lowest BCUT2D eigenvalue weighted by atomic mass is 9.92. The highest BCUT2D eigenvalue weighted by atomic mass is 16.6. The van der Waals surface area contributed by atoms with Gasteiger partial charge in [-0.2, -0.15) is 5.26 Å². The molecule has 186 valence electrons. The Kier molecular flexibility index (Phi) is 6.28. The molecule has 1 aromatic heterocycles. The molecule has 1 saturated heterocycles. The van der Waals surface area contributed by atoms with Crippen molar-refractivity contribution < 1.29 is 19.0 Å². The van der Waals surface area contributed by atoms with Gasteiger partial charge in [0.15, 0.2) is 0 Å². The second-order valence-electron chi connectivity index (χ2n) is 10.1. The van der Waals surface area contributed by atoms with Crippen LogP contribution in [0.2, 0.25) is 0 Å². The first-order valence-electron chi connectivity index (χ1n) is 13.1. The maximum Gasteiger partial charge on any atom is 0.411 e. The number of nitrogens with zero attached hydrogens (tertiary/aromatic N) is 2. The summed E-state index contributed by atoms with van der Waals surface area (Å²) in [6, 6.07) is 16.5. The third kappa shape index (κ3) is 4.42. The van der Waals surface area contributed by atoms with E-state index < -0.39 is 6.09 Å². The Labute approximate surface area is 210 Å². The van der Waals surface area contributed by atoms with Gasteiger partial charge >= 0.3 is 6.09 Å². The van der Waals surface area contributed by atoms with E-state index in [4.69, 9.17) is 14.2 Å². The normalized spacial score (nSPS) is 19.9. The number of aromatic nitrogens is 1. The SMILES string of the molecule is N#Cc1c(-c2ccc(NC(=O)OC3CCC3)cc2)n(C2CCC2)c2cc(OCC3CCCO3)ccc12. The maximum atomic E-state index is 12.1. The van der Waals surface area contributed by atoms with Crippen LogP contribution < -0.4 is 10.1 Å². The Bertz CT molecular complexity index is 1290. The van der Waals surface area contributed by atoms with Crippen LogP contribution in [0.5, 0.6) is 5.75 Å². The molecule has 1 aliphatic heterocycles. The van der Waals surface area contributed by atoms with Crippen LogP contribution in [0, 0.1) is 11.3 Å². The van der Waals surface area contributed by atoms with Crippen molar-refractivity contribution in [3.8, 4) is 23.1 Å². The van der Waals surface area contributed by atoms with Gasteiger partial charge in [-0.25, -0.2) is 4.79 Å². The third-order valence-electron chi connectivity index (χ3n) is 7.72. The molecular formula is C29H31N3O4. The van der Waals surface area contributed by atoms with E-state index >= 15 is 0 Å². The summed E-state index contributed by atoms with van der Waals surface area (Å²) in [6.07, 6.45) is 8.27. The number of ether oxygens (including phenoxy) is 3. The van der Waals surface area contributed by atoms with Crippen LogP contribution in [-0.2, 0) is 9.47 Å². The standard InChI is InChI=1S/C29H31N3O4/c30-17-26-25-14-13-23(35-18-24-8-3-15-34-24)16-27(25)32(21-4-1-5-21)28(26)19-9-11-20(12-10-19)31-29(33)36-22-6-2-7-22/h9-14,16,21-22,24H,1-8,15,18H2,(H,31,33). The van der Waals surface area contributed by atoms with Crippen LogP contribution in [0.1, 0.15) is 63.0 Å². The van der Waals surface area contributed by atoms with Crippen molar-refractivity contribution in [1.82, 2.24) is 4.57 Å². The van der Waals surface area contributed by atoms with Crippen molar-refractivity contribution in [3.05, 3.63) is 48.0 Å². The summed E-state index contributed by atoms with van der Waals surface area (Å²) in [5.41, 5.74) is 4.26. The van der Waals surface area contributed by atoms with Gasteiger partial charge in [-0.15, -0.1) is 0 Å². The van der Waals surface area contributed by atoms with E-state index in [2.05, 4.69) is 22.0 Å². The van der Waals surface area contributed by atoms with E-state index in [0.29, 0.717) is 23.9 Å². The average molecular weight is 486 g/mol. The number of nitrogens with one attached hydrogen (secondary N) is 1. The van der Waals surface area contributed by atoms with Gasteiger partial charge in [0, 0.05) is 29.8 Å². The molecule has 2 heterocycles. The second kappa shape index (κ2) is 9.87. The minimum atomic E-state index is -0.413. The fourth-order valence-electron chi connectivity index (χ4n) is 5.26. The number of hydrogen-bond acceptors (Lipinski definition) is 5. The zero-order chi connectivity index (χ0) is 24.5. The van der Waals surface area contributed by atoms with Crippen LogP contribution in [0.3, 0.4) is 0 Å². The van der Waals surface area contributed by atoms with Gasteiger partial charge in [0.1, 0.15) is 24.5 Å². The van der Waals surface area contributed by atoms with Gasteiger partial charge in [-0.05, 0) is 81.2 Å². The molecule has 1 unspecified atom stereocenters. The summed E-state index contributed by atoms with van der Waals surface area (Å²) in [6.45, 7) is 1.35. The summed E-state index contributed by atoms with van der Waals surface area (Å²) in [7, 11) is 0. The summed E-state index contributed by atoms with van der Waals surface area (Å²) >= 11 is 0. The Morgan fingerprint density at radius 2 is 1.86 bits per heavy atom. The van der Waals surface area contributed by atoms with Crippen LogP contribution in [0.25, 0.3) is 22.2 Å². The van der Waals surface area contributed by atoms with Crippen molar-refractivity contribution >= 4 is 22.7 Å². The minimum Gasteiger partial charge on any atom is -0.491 e. The molecule has 36 heavy (non-hydrogen) atoms. The third-order valence-corrected chi connectivity index (χ3v) is 7.72. The van der Waals surface area contributed by atoms with Gasteiger partial charge in [0.25, 0.3) is 0 Å². The molecule has 0 bridgehead atoms. The fraction of sp³-hybridized carbons (Fsp3) is 0.448. The lowest BCUT2D eigenvalue weighted by Crippen LogP contribution is -2.27. The van der Waals surface area contributed by atoms with Crippen LogP contribution >= 0.6 is 0 Å². The largest absolute Gasteiger partial charge is 0.491 e. The molecule has 1 N–H and O–H groups in total. The number of rotatable bonds is 7. The number of amides is 1. The van der Waals surface area contributed by atoms with Crippen molar-refractivity contribution in [1.29, 1.82) is 5.26 Å². The van der Waals surface area contributed by atoms with Crippen molar-refractivity contribution in [3.63, 3.8) is 0 Å². The summed E-state index contributed by atoms with van der Waals surface area (Å²) < 4.78 is 19.5. The molecule has 2 saturated carbocycles. The monoisotopic (exact) mass is 485 g/mol. The smallest absolute Gasteiger partial charge is 0.411 e. The Hall–Kier alpha value is -3.50. The van der Waals surface area contributed by atoms with Crippen LogP contribution in [0.4, 0.5) is 10.5 Å². The summed E-state index contributed by atoms with van der Waals surface area (Å²) in [5.74, 6) is 0.802. The molecular weight excluding hydrogens is 454 g/mol. The lowest BCUT2D eigenvalue weighted by Gasteiger charge is -2.30. The van der Waals surface area contributed by atoms with Crippen LogP contribution in [-0.4, -0.2) is 36.1 Å². The van der Waals surface area contributed by atoms with E-state index in [1.54, 1.807) is 0 Å². The number of hydrogen-bond donors (Lipinski definition) is 1. The zero-order valence-corrected chi connectivity index (χ0v) is 20.4. The number of benzene rings is 2. The van der Waals surface area contributed by atoms with Gasteiger partial charge in [-0.1, -0.05) is 12.1 Å². The predicted octanol–water partition coefficient (Wildman–Crippen LogP) is 6.56. The van der Waals surface area contributed by atoms with E-state index in [-0.39, 0.29) is 12.2 Å². The molecule has 6 rings (SSSR count). The second-order valence-corrected chi connectivity index (χ2v) is 10.1. The maximum absolute atomic E-state index is 12.1. The highest BCUT2D eigenvalue weighted by molar-refractivity contribution is 5.96. The van der Waals surface area contributed by atoms with Crippen molar-refractivity contribution in [2.24, 2.45) is 0 Å². The number of carbonyl (C=O) groups is 1. The van der Waals surface area contributed by atoms with Gasteiger partial charge < -0.3 is 18.8 Å². The number of nitriles is 1. The Morgan fingerprint density at radius 3 is 2.50 bits per heavy atom. The Morgan fingerprint density at radius 1 is 1.06 bits per heavy atom.